The maximum absolute atomic E-state index is 10.3. The third kappa shape index (κ3) is 3.74. The number of nitrogens with one attached hydrogen (secondary N) is 2. The topological polar surface area (TPSA) is 53.5 Å². The Morgan fingerprint density at radius 2 is 1.97 bits per heavy atom. The fourth-order valence-corrected chi connectivity index (χ4v) is 8.68. The van der Waals surface area contributed by atoms with Gasteiger partial charge in [0.15, 0.2) is 0 Å². The molecule has 176 valence electrons. The Hall–Kier alpha value is -0.420. The number of hydrogen-bond acceptors (Lipinski definition) is 4. The summed E-state index contributed by atoms with van der Waals surface area (Å²) in [6.45, 7) is 9.18. The number of aliphatic hydroxyl groups excluding tert-OH is 1. The van der Waals surface area contributed by atoms with E-state index in [1.807, 2.05) is 0 Å². The molecule has 4 nitrogen and oxygen atoms in total. The van der Waals surface area contributed by atoms with Gasteiger partial charge in [0.1, 0.15) is 0 Å². The summed E-state index contributed by atoms with van der Waals surface area (Å²) in [5.74, 6) is 3.81. The highest BCUT2D eigenvalue weighted by Gasteiger charge is 2.56. The van der Waals surface area contributed by atoms with Crippen LogP contribution in [0.1, 0.15) is 85.0 Å². The van der Waals surface area contributed by atoms with E-state index in [2.05, 4.69) is 38.5 Å². The SMILES string of the molecule is CNC12CCCC3C(=C(C)COC1CC(C)CN2)CC1C3CCC2CC(O)CCC21C. The molecule has 4 heteroatoms. The number of allylic oxidation sites excluding steroid dienone is 1. The van der Waals surface area contributed by atoms with Crippen molar-refractivity contribution in [3.05, 3.63) is 11.1 Å². The van der Waals surface area contributed by atoms with Crippen LogP contribution < -0.4 is 10.6 Å². The molecule has 5 rings (SSSR count). The lowest BCUT2D eigenvalue weighted by Gasteiger charge is -2.53. The van der Waals surface area contributed by atoms with Crippen LogP contribution in [0, 0.1) is 35.0 Å². The van der Waals surface area contributed by atoms with E-state index in [4.69, 9.17) is 4.74 Å². The smallest absolute Gasteiger partial charge is 0.0954 e. The van der Waals surface area contributed by atoms with Crippen LogP contribution in [-0.4, -0.2) is 43.2 Å². The van der Waals surface area contributed by atoms with Gasteiger partial charge >= 0.3 is 0 Å². The quantitative estimate of drug-likeness (QED) is 0.531. The van der Waals surface area contributed by atoms with Crippen LogP contribution in [0.3, 0.4) is 0 Å². The van der Waals surface area contributed by atoms with Crippen molar-refractivity contribution in [2.45, 2.75) is 103 Å². The molecule has 3 N–H and O–H groups in total. The van der Waals surface area contributed by atoms with Gasteiger partial charge in [-0.1, -0.05) is 19.4 Å². The van der Waals surface area contributed by atoms with E-state index < -0.39 is 0 Å². The minimum Gasteiger partial charge on any atom is -0.393 e. The fraction of sp³-hybridized carbons (Fsp3) is 0.926. The van der Waals surface area contributed by atoms with E-state index in [0.29, 0.717) is 11.3 Å². The molecule has 1 saturated heterocycles. The summed E-state index contributed by atoms with van der Waals surface area (Å²) in [6.07, 6.45) is 12.4. The second kappa shape index (κ2) is 8.42. The van der Waals surface area contributed by atoms with Crippen molar-refractivity contribution in [2.75, 3.05) is 20.2 Å². The van der Waals surface area contributed by atoms with Gasteiger partial charge in [0.2, 0.25) is 0 Å². The summed E-state index contributed by atoms with van der Waals surface area (Å²) >= 11 is 0. The zero-order valence-electron chi connectivity index (χ0n) is 20.4. The Morgan fingerprint density at radius 3 is 2.77 bits per heavy atom. The van der Waals surface area contributed by atoms with E-state index in [1.165, 1.54) is 44.1 Å². The standard InChI is InChI=1S/C27H46N2O2/c1-17-12-25-27(28-4,29-15-17)10-5-6-21-22-8-7-19-13-20(30)9-11-26(19,3)24(22)14-23(21)18(2)16-31-25/h17,19-22,24-25,28-30H,5-16H2,1-4H3. The van der Waals surface area contributed by atoms with Crippen LogP contribution in [0.5, 0.6) is 0 Å². The Kier molecular flexibility index (Phi) is 6.07. The molecule has 9 unspecified atom stereocenters. The van der Waals surface area contributed by atoms with Gasteiger partial charge in [0, 0.05) is 0 Å². The van der Waals surface area contributed by atoms with Gasteiger partial charge in [-0.25, -0.2) is 0 Å². The average molecular weight is 431 g/mol. The van der Waals surface area contributed by atoms with Gasteiger partial charge in [-0.3, -0.25) is 5.32 Å². The van der Waals surface area contributed by atoms with Gasteiger partial charge in [0.25, 0.3) is 0 Å². The molecule has 9 atom stereocenters. The first-order valence-electron chi connectivity index (χ1n) is 13.3. The number of hydrogen-bond donors (Lipinski definition) is 3. The lowest BCUT2D eigenvalue weighted by molar-refractivity contribution is -0.0685. The van der Waals surface area contributed by atoms with Crippen molar-refractivity contribution >= 4 is 0 Å². The van der Waals surface area contributed by atoms with E-state index >= 15 is 0 Å². The monoisotopic (exact) mass is 430 g/mol. The number of fused-ring (bicyclic) bond motifs is 6. The van der Waals surface area contributed by atoms with Crippen LogP contribution in [0.15, 0.2) is 11.1 Å². The second-order valence-electron chi connectivity index (χ2n) is 12.2. The van der Waals surface area contributed by atoms with Crippen molar-refractivity contribution in [1.29, 1.82) is 0 Å². The Morgan fingerprint density at radius 1 is 1.13 bits per heavy atom. The number of rotatable bonds is 1. The highest BCUT2D eigenvalue weighted by Crippen LogP contribution is 2.63. The Balaban J connectivity index is 1.41. The Bertz CT molecular complexity index is 707. The molecular formula is C27H46N2O2. The molecule has 3 aliphatic carbocycles. The maximum Gasteiger partial charge on any atom is 0.0954 e. The van der Waals surface area contributed by atoms with Crippen LogP contribution >= 0.6 is 0 Å². The summed E-state index contributed by atoms with van der Waals surface area (Å²) in [4.78, 5) is 0. The third-order valence-corrected chi connectivity index (χ3v) is 10.6. The predicted octanol–water partition coefficient (Wildman–Crippen LogP) is 4.63. The summed E-state index contributed by atoms with van der Waals surface area (Å²) in [5, 5.41) is 17.8. The highest BCUT2D eigenvalue weighted by molar-refractivity contribution is 5.26. The first kappa shape index (κ1) is 22.4. The number of aliphatic hydroxyl groups is 1. The lowest BCUT2D eigenvalue weighted by atomic mass is 9.52. The van der Waals surface area contributed by atoms with Gasteiger partial charge < -0.3 is 15.2 Å². The van der Waals surface area contributed by atoms with Crippen LogP contribution in [0.2, 0.25) is 0 Å². The minimum atomic E-state index is -0.0640. The number of piperidine rings is 1. The molecule has 0 aromatic heterocycles. The van der Waals surface area contributed by atoms with Crippen molar-refractivity contribution in [2.24, 2.45) is 35.0 Å². The molecule has 4 fully saturated rings. The van der Waals surface area contributed by atoms with Crippen molar-refractivity contribution < 1.29 is 9.84 Å². The summed E-state index contributed by atoms with van der Waals surface area (Å²) in [7, 11) is 2.12. The molecule has 31 heavy (non-hydrogen) atoms. The van der Waals surface area contributed by atoms with E-state index in [1.54, 1.807) is 5.57 Å². The Labute approximate surface area is 190 Å². The zero-order chi connectivity index (χ0) is 21.8. The van der Waals surface area contributed by atoms with Gasteiger partial charge in [0.05, 0.1) is 24.5 Å². The molecule has 0 spiro atoms. The molecule has 0 bridgehead atoms. The molecule has 0 aromatic carbocycles. The molecule has 0 amide bonds. The minimum absolute atomic E-state index is 0.0537. The van der Waals surface area contributed by atoms with Crippen molar-refractivity contribution in [3.8, 4) is 0 Å². The molecule has 5 aliphatic rings. The number of ether oxygens (including phenoxy) is 1. The largest absolute Gasteiger partial charge is 0.393 e. The fourth-order valence-electron chi connectivity index (χ4n) is 8.68. The van der Waals surface area contributed by atoms with E-state index in [9.17, 15) is 5.11 Å². The van der Waals surface area contributed by atoms with E-state index in [0.717, 1.165) is 62.5 Å². The molecule has 0 aromatic rings. The summed E-state index contributed by atoms with van der Waals surface area (Å²) in [6, 6.07) is 0. The van der Waals surface area contributed by atoms with Gasteiger partial charge in [-0.05, 0) is 125 Å². The molecule has 0 radical (unpaired) electrons. The van der Waals surface area contributed by atoms with Crippen LogP contribution in [0.25, 0.3) is 0 Å². The van der Waals surface area contributed by atoms with Crippen molar-refractivity contribution in [1.82, 2.24) is 10.6 Å². The molecule has 2 aliphatic heterocycles. The summed E-state index contributed by atoms with van der Waals surface area (Å²) < 4.78 is 6.69. The highest BCUT2D eigenvalue weighted by atomic mass is 16.5. The van der Waals surface area contributed by atoms with Crippen LogP contribution in [-0.2, 0) is 4.74 Å². The van der Waals surface area contributed by atoms with Gasteiger partial charge in [-0.15, -0.1) is 0 Å². The predicted molar refractivity (Wildman–Crippen MR) is 126 cm³/mol. The second-order valence-corrected chi connectivity index (χ2v) is 12.2. The normalized spacial score (nSPS) is 50.8. The third-order valence-electron chi connectivity index (χ3n) is 10.6. The van der Waals surface area contributed by atoms with E-state index in [-0.39, 0.29) is 17.9 Å². The number of likely N-dealkylation sites (N-methyl/N-ethyl adjacent to an activating group) is 1. The lowest BCUT2D eigenvalue weighted by Crippen LogP contribution is -2.67. The van der Waals surface area contributed by atoms with Crippen LogP contribution in [0.4, 0.5) is 0 Å². The van der Waals surface area contributed by atoms with Crippen molar-refractivity contribution in [3.63, 3.8) is 0 Å². The first-order chi connectivity index (χ1) is 14.9. The first-order valence-corrected chi connectivity index (χ1v) is 13.3. The zero-order valence-corrected chi connectivity index (χ0v) is 20.4. The average Bonchev–Trinajstić information content (AvgIpc) is 3.14. The summed E-state index contributed by atoms with van der Waals surface area (Å²) in [5.41, 5.74) is 3.66. The molecule has 2 heterocycles. The molecule has 3 saturated carbocycles. The van der Waals surface area contributed by atoms with Gasteiger partial charge in [-0.2, -0.15) is 0 Å². The maximum atomic E-state index is 10.3. The molecular weight excluding hydrogens is 384 g/mol.